The van der Waals surface area contributed by atoms with E-state index in [1.165, 1.54) is 6.42 Å². The van der Waals surface area contributed by atoms with Gasteiger partial charge in [-0.2, -0.15) is 0 Å². The van der Waals surface area contributed by atoms with Crippen LogP contribution in [0.25, 0.3) is 0 Å². The van der Waals surface area contributed by atoms with Crippen molar-refractivity contribution in [2.45, 2.75) is 50.7 Å². The summed E-state index contributed by atoms with van der Waals surface area (Å²) in [6.45, 7) is 2.67. The maximum absolute atomic E-state index is 10.4. The number of aryl methyl sites for hydroxylation is 1. The summed E-state index contributed by atoms with van der Waals surface area (Å²) < 4.78 is 5.89. The summed E-state index contributed by atoms with van der Waals surface area (Å²) in [5, 5.41) is 10.4. The molecule has 0 radical (unpaired) electrons. The number of ether oxygens (including phenoxy) is 1. The van der Waals surface area contributed by atoms with Gasteiger partial charge in [0, 0.05) is 12.8 Å². The third kappa shape index (κ3) is 2.15. The Morgan fingerprint density at radius 1 is 1.39 bits per heavy atom. The zero-order chi connectivity index (χ0) is 12.6. The topological polar surface area (TPSA) is 55.2 Å². The predicted molar refractivity (Wildman–Crippen MR) is 67.0 cm³/mol. The highest BCUT2D eigenvalue weighted by Gasteiger charge is 2.44. The molecule has 0 amide bonds. The molecular formula is C14H20N2O2. The first-order valence-electron chi connectivity index (χ1n) is 6.79. The molecule has 3 rings (SSSR count). The van der Waals surface area contributed by atoms with Crippen molar-refractivity contribution in [3.05, 3.63) is 23.8 Å². The van der Waals surface area contributed by atoms with Crippen molar-refractivity contribution in [2.24, 2.45) is 5.92 Å². The quantitative estimate of drug-likeness (QED) is 0.871. The lowest BCUT2D eigenvalue weighted by Gasteiger charge is -2.48. The summed E-state index contributed by atoms with van der Waals surface area (Å²) >= 11 is 0. The molecular weight excluding hydrogens is 228 g/mol. The molecule has 1 spiro atoms. The highest BCUT2D eigenvalue weighted by atomic mass is 16.5. The van der Waals surface area contributed by atoms with Crippen LogP contribution in [0.4, 0.5) is 0 Å². The van der Waals surface area contributed by atoms with Gasteiger partial charge in [0.2, 0.25) is 0 Å². The van der Waals surface area contributed by atoms with E-state index in [0.717, 1.165) is 38.0 Å². The maximum atomic E-state index is 10.4. The number of hydrogen-bond donors (Lipinski definition) is 1. The zero-order valence-corrected chi connectivity index (χ0v) is 10.8. The molecule has 1 aliphatic heterocycles. The monoisotopic (exact) mass is 248 g/mol. The molecule has 1 saturated carbocycles. The van der Waals surface area contributed by atoms with Gasteiger partial charge in [0.15, 0.2) is 0 Å². The SMILES string of the molecule is Cc1cnc(C(O)C2CCOC3(CCC3)C2)cn1. The average molecular weight is 248 g/mol. The number of aliphatic hydroxyl groups excluding tert-OH is 1. The Morgan fingerprint density at radius 3 is 2.83 bits per heavy atom. The van der Waals surface area contributed by atoms with E-state index in [1.807, 2.05) is 6.92 Å². The van der Waals surface area contributed by atoms with Gasteiger partial charge in [0.1, 0.15) is 6.10 Å². The number of nitrogens with zero attached hydrogens (tertiary/aromatic N) is 2. The van der Waals surface area contributed by atoms with Gasteiger partial charge in [0.25, 0.3) is 0 Å². The van der Waals surface area contributed by atoms with Gasteiger partial charge in [0.05, 0.1) is 23.2 Å². The van der Waals surface area contributed by atoms with Crippen molar-refractivity contribution in [1.82, 2.24) is 9.97 Å². The van der Waals surface area contributed by atoms with E-state index < -0.39 is 6.10 Å². The van der Waals surface area contributed by atoms with Crippen LogP contribution in [0.2, 0.25) is 0 Å². The second kappa shape index (κ2) is 4.59. The van der Waals surface area contributed by atoms with Gasteiger partial charge in [-0.05, 0) is 44.9 Å². The minimum atomic E-state index is -0.500. The van der Waals surface area contributed by atoms with Crippen molar-refractivity contribution < 1.29 is 9.84 Å². The fourth-order valence-electron chi connectivity index (χ4n) is 3.05. The summed E-state index contributed by atoms with van der Waals surface area (Å²) in [5.41, 5.74) is 1.65. The molecule has 0 bridgehead atoms. The number of aromatic nitrogens is 2. The molecule has 1 saturated heterocycles. The van der Waals surface area contributed by atoms with Crippen LogP contribution in [-0.4, -0.2) is 27.3 Å². The van der Waals surface area contributed by atoms with Crippen molar-refractivity contribution >= 4 is 0 Å². The third-order valence-electron chi connectivity index (χ3n) is 4.35. The average Bonchev–Trinajstić information content (AvgIpc) is 2.37. The summed E-state index contributed by atoms with van der Waals surface area (Å²) in [6, 6.07) is 0. The van der Waals surface area contributed by atoms with Crippen LogP contribution in [0.15, 0.2) is 12.4 Å². The molecule has 2 aliphatic rings. The summed E-state index contributed by atoms with van der Waals surface area (Å²) in [7, 11) is 0. The molecule has 2 atom stereocenters. The van der Waals surface area contributed by atoms with Crippen molar-refractivity contribution in [3.8, 4) is 0 Å². The van der Waals surface area contributed by atoms with Crippen molar-refractivity contribution in [3.63, 3.8) is 0 Å². The van der Waals surface area contributed by atoms with Gasteiger partial charge in [-0.1, -0.05) is 0 Å². The molecule has 0 aromatic carbocycles. The molecule has 2 fully saturated rings. The first-order valence-corrected chi connectivity index (χ1v) is 6.79. The van der Waals surface area contributed by atoms with Crippen LogP contribution in [0.1, 0.15) is 49.6 Å². The number of aliphatic hydroxyl groups is 1. The highest BCUT2D eigenvalue weighted by molar-refractivity contribution is 5.07. The fourth-order valence-corrected chi connectivity index (χ4v) is 3.05. The second-order valence-corrected chi connectivity index (χ2v) is 5.67. The van der Waals surface area contributed by atoms with E-state index in [1.54, 1.807) is 12.4 Å². The molecule has 2 unspecified atom stereocenters. The molecule has 1 aliphatic carbocycles. The van der Waals surface area contributed by atoms with E-state index in [9.17, 15) is 5.11 Å². The molecule has 1 aromatic rings. The molecule has 18 heavy (non-hydrogen) atoms. The van der Waals surface area contributed by atoms with E-state index >= 15 is 0 Å². The van der Waals surface area contributed by atoms with Crippen LogP contribution in [0, 0.1) is 12.8 Å². The fraction of sp³-hybridized carbons (Fsp3) is 0.714. The largest absolute Gasteiger partial charge is 0.386 e. The van der Waals surface area contributed by atoms with Crippen LogP contribution in [0.5, 0.6) is 0 Å². The Labute approximate surface area is 107 Å². The molecule has 1 aromatic heterocycles. The Balaban J connectivity index is 1.71. The normalized spacial score (nSPS) is 27.8. The lowest BCUT2D eigenvalue weighted by atomic mass is 9.70. The van der Waals surface area contributed by atoms with Crippen molar-refractivity contribution in [1.29, 1.82) is 0 Å². The summed E-state index contributed by atoms with van der Waals surface area (Å²) in [6.07, 6.45) is 8.35. The molecule has 98 valence electrons. The van der Waals surface area contributed by atoms with Gasteiger partial charge in [-0.15, -0.1) is 0 Å². The van der Waals surface area contributed by atoms with Crippen LogP contribution < -0.4 is 0 Å². The highest BCUT2D eigenvalue weighted by Crippen LogP contribution is 2.46. The second-order valence-electron chi connectivity index (χ2n) is 5.67. The number of hydrogen-bond acceptors (Lipinski definition) is 4. The smallest absolute Gasteiger partial charge is 0.100 e. The first kappa shape index (κ1) is 12.1. The Kier molecular flexibility index (Phi) is 3.08. The van der Waals surface area contributed by atoms with Gasteiger partial charge >= 0.3 is 0 Å². The first-order chi connectivity index (χ1) is 8.69. The van der Waals surface area contributed by atoms with Crippen molar-refractivity contribution in [2.75, 3.05) is 6.61 Å². The number of rotatable bonds is 2. The van der Waals surface area contributed by atoms with Crippen LogP contribution in [-0.2, 0) is 4.74 Å². The van der Waals surface area contributed by atoms with Gasteiger partial charge < -0.3 is 9.84 Å². The maximum Gasteiger partial charge on any atom is 0.100 e. The van der Waals surface area contributed by atoms with Crippen LogP contribution >= 0.6 is 0 Å². The Hall–Kier alpha value is -1.00. The molecule has 2 heterocycles. The third-order valence-corrected chi connectivity index (χ3v) is 4.35. The Morgan fingerprint density at radius 2 is 2.22 bits per heavy atom. The summed E-state index contributed by atoms with van der Waals surface area (Å²) in [4.78, 5) is 8.50. The lowest BCUT2D eigenvalue weighted by molar-refractivity contribution is -0.157. The summed E-state index contributed by atoms with van der Waals surface area (Å²) in [5.74, 6) is 0.260. The minimum Gasteiger partial charge on any atom is -0.386 e. The van der Waals surface area contributed by atoms with Crippen LogP contribution in [0.3, 0.4) is 0 Å². The van der Waals surface area contributed by atoms with E-state index in [0.29, 0.717) is 5.69 Å². The van der Waals surface area contributed by atoms with E-state index in [4.69, 9.17) is 4.74 Å². The predicted octanol–water partition coefficient (Wildman–Crippen LogP) is 2.17. The molecule has 1 N–H and O–H groups in total. The minimum absolute atomic E-state index is 0.0715. The molecule has 4 heteroatoms. The lowest BCUT2D eigenvalue weighted by Crippen LogP contribution is -2.46. The molecule has 4 nitrogen and oxygen atoms in total. The Bertz CT molecular complexity index is 414. The van der Waals surface area contributed by atoms with E-state index in [-0.39, 0.29) is 11.5 Å². The van der Waals surface area contributed by atoms with Gasteiger partial charge in [-0.25, -0.2) is 0 Å². The zero-order valence-electron chi connectivity index (χ0n) is 10.8. The van der Waals surface area contributed by atoms with Gasteiger partial charge in [-0.3, -0.25) is 9.97 Å². The van der Waals surface area contributed by atoms with E-state index in [2.05, 4.69) is 9.97 Å². The standard InChI is InChI=1S/C14H20N2O2/c1-10-8-16-12(9-15-10)13(17)11-3-6-18-14(7-11)4-2-5-14/h8-9,11,13,17H,2-7H2,1H3.